The van der Waals surface area contributed by atoms with Crippen molar-refractivity contribution in [2.24, 2.45) is 5.92 Å². The molecule has 8 nitrogen and oxygen atoms in total. The van der Waals surface area contributed by atoms with Gasteiger partial charge in [-0.15, -0.1) is 0 Å². The lowest BCUT2D eigenvalue weighted by atomic mass is 10.2. The Balaban J connectivity index is 1.35. The maximum atomic E-state index is 13.2. The van der Waals surface area contributed by atoms with E-state index in [0.717, 1.165) is 24.2 Å². The van der Waals surface area contributed by atoms with E-state index < -0.39 is 6.09 Å². The summed E-state index contributed by atoms with van der Waals surface area (Å²) >= 11 is 6.23. The fourth-order valence-corrected chi connectivity index (χ4v) is 3.88. The monoisotopic (exact) mass is 442 g/mol. The van der Waals surface area contributed by atoms with E-state index >= 15 is 0 Å². The van der Waals surface area contributed by atoms with Crippen molar-refractivity contribution in [3.05, 3.63) is 59.5 Å². The van der Waals surface area contributed by atoms with Crippen LogP contribution in [0.2, 0.25) is 5.15 Å². The van der Waals surface area contributed by atoms with Crippen LogP contribution in [0.1, 0.15) is 31.5 Å². The summed E-state index contributed by atoms with van der Waals surface area (Å²) in [6, 6.07) is 7.47. The van der Waals surface area contributed by atoms with E-state index in [4.69, 9.17) is 16.3 Å². The molecule has 160 valence electrons. The molecule has 2 fully saturated rings. The summed E-state index contributed by atoms with van der Waals surface area (Å²) in [6.45, 7) is 2.28. The summed E-state index contributed by atoms with van der Waals surface area (Å²) in [5, 5.41) is 3.42. The van der Waals surface area contributed by atoms with E-state index in [1.54, 1.807) is 34.0 Å². The van der Waals surface area contributed by atoms with Gasteiger partial charge in [0.1, 0.15) is 23.4 Å². The van der Waals surface area contributed by atoms with Crippen molar-refractivity contribution in [1.82, 2.24) is 19.5 Å². The number of rotatable bonds is 6. The number of aromatic nitrogens is 4. The molecule has 2 atom stereocenters. The van der Waals surface area contributed by atoms with Gasteiger partial charge in [0.25, 0.3) is 0 Å². The Morgan fingerprint density at radius 3 is 2.77 bits per heavy atom. The lowest BCUT2D eigenvalue weighted by molar-refractivity contribution is 0.178. The van der Waals surface area contributed by atoms with Gasteiger partial charge in [0.2, 0.25) is 5.95 Å². The minimum atomic E-state index is -0.413. The van der Waals surface area contributed by atoms with Crippen LogP contribution in [-0.4, -0.2) is 38.3 Å². The zero-order chi connectivity index (χ0) is 21.5. The second kappa shape index (κ2) is 7.81. The first kappa shape index (κ1) is 19.7. The number of halogens is 2. The average Bonchev–Trinajstić information content (AvgIpc) is 3.32. The molecule has 1 aliphatic heterocycles. The molecule has 1 N–H and O–H groups in total. The van der Waals surface area contributed by atoms with Gasteiger partial charge in [-0.05, 0) is 49.9 Å². The number of imidazole rings is 1. The van der Waals surface area contributed by atoms with Crippen LogP contribution in [0, 0.1) is 11.7 Å². The van der Waals surface area contributed by atoms with E-state index in [9.17, 15) is 9.18 Å². The highest BCUT2D eigenvalue weighted by Gasteiger charge is 2.44. The lowest BCUT2D eigenvalue weighted by Crippen LogP contribution is -2.35. The van der Waals surface area contributed by atoms with Crippen molar-refractivity contribution >= 4 is 29.5 Å². The molecule has 2 aromatic heterocycles. The van der Waals surface area contributed by atoms with Crippen molar-refractivity contribution in [2.45, 2.75) is 31.8 Å². The molecule has 0 spiro atoms. The molecule has 1 saturated carbocycles. The molecule has 1 saturated heterocycles. The first-order valence-corrected chi connectivity index (χ1v) is 10.4. The third kappa shape index (κ3) is 4.05. The number of nitrogens with zero attached hydrogens (tertiary/aromatic N) is 5. The van der Waals surface area contributed by atoms with Crippen molar-refractivity contribution in [3.63, 3.8) is 0 Å². The molecule has 0 bridgehead atoms. The van der Waals surface area contributed by atoms with Crippen LogP contribution in [-0.2, 0) is 4.74 Å². The quantitative estimate of drug-likeness (QED) is 0.571. The summed E-state index contributed by atoms with van der Waals surface area (Å²) in [5.74, 6) is 0.858. The summed E-state index contributed by atoms with van der Waals surface area (Å²) in [5.41, 5.74) is 1.54. The van der Waals surface area contributed by atoms with Gasteiger partial charge in [-0.3, -0.25) is 4.90 Å². The molecular formula is C21H20ClFN6O2. The van der Waals surface area contributed by atoms with Crippen LogP contribution in [0.4, 0.5) is 21.0 Å². The minimum absolute atomic E-state index is 0.0184. The number of cyclic esters (lactones) is 1. The largest absolute Gasteiger partial charge is 0.447 e. The first-order valence-electron chi connectivity index (χ1n) is 10.0. The van der Waals surface area contributed by atoms with Gasteiger partial charge in [0, 0.05) is 18.0 Å². The average molecular weight is 443 g/mol. The topological polar surface area (TPSA) is 85.2 Å². The zero-order valence-corrected chi connectivity index (χ0v) is 17.5. The van der Waals surface area contributed by atoms with Crippen molar-refractivity contribution in [1.29, 1.82) is 0 Å². The Bertz CT molecular complexity index is 1120. The number of ether oxygens (including phenoxy) is 1. The molecular weight excluding hydrogens is 423 g/mol. The summed E-state index contributed by atoms with van der Waals surface area (Å²) in [6.07, 6.45) is 5.25. The zero-order valence-electron chi connectivity index (χ0n) is 16.7. The van der Waals surface area contributed by atoms with Gasteiger partial charge in [-0.25, -0.2) is 19.2 Å². The maximum Gasteiger partial charge on any atom is 0.415 e. The summed E-state index contributed by atoms with van der Waals surface area (Å²) in [7, 11) is 0. The Hall–Kier alpha value is -3.20. The Morgan fingerprint density at radius 2 is 2.03 bits per heavy atom. The Morgan fingerprint density at radius 1 is 1.26 bits per heavy atom. The third-order valence-corrected chi connectivity index (χ3v) is 5.71. The highest BCUT2D eigenvalue weighted by molar-refractivity contribution is 6.29. The molecule has 1 aromatic carbocycles. The first-order chi connectivity index (χ1) is 15.0. The van der Waals surface area contributed by atoms with Gasteiger partial charge in [-0.1, -0.05) is 11.6 Å². The maximum absolute atomic E-state index is 13.2. The smallest absolute Gasteiger partial charge is 0.415 e. The molecule has 0 radical (unpaired) electrons. The third-order valence-electron chi connectivity index (χ3n) is 5.52. The number of amides is 1. The molecule has 10 heteroatoms. The van der Waals surface area contributed by atoms with E-state index in [-0.39, 0.29) is 23.1 Å². The second-order valence-corrected chi connectivity index (χ2v) is 8.16. The van der Waals surface area contributed by atoms with E-state index in [1.807, 2.05) is 13.1 Å². The van der Waals surface area contributed by atoms with Crippen molar-refractivity contribution in [2.75, 3.05) is 16.8 Å². The fourth-order valence-electron chi connectivity index (χ4n) is 3.70. The number of hydrogen-bond donors (Lipinski definition) is 1. The van der Waals surface area contributed by atoms with Gasteiger partial charge < -0.3 is 14.6 Å². The van der Waals surface area contributed by atoms with Crippen LogP contribution in [0.5, 0.6) is 0 Å². The Labute approximate surface area is 183 Å². The molecule has 5 rings (SSSR count). The number of nitrogens with one attached hydrogen (secondary N) is 1. The predicted octanol–water partition coefficient (Wildman–Crippen LogP) is 4.36. The van der Waals surface area contributed by atoms with E-state index in [2.05, 4.69) is 20.3 Å². The highest BCUT2D eigenvalue weighted by atomic mass is 35.5. The number of anilines is 2. The molecule has 3 aromatic rings. The molecule has 0 unspecified atom stereocenters. The van der Waals surface area contributed by atoms with Gasteiger partial charge in [-0.2, -0.15) is 4.98 Å². The van der Waals surface area contributed by atoms with E-state index in [1.165, 1.54) is 12.1 Å². The molecule has 1 aliphatic carbocycles. The second-order valence-electron chi connectivity index (χ2n) is 7.77. The van der Waals surface area contributed by atoms with Crippen LogP contribution in [0.3, 0.4) is 0 Å². The van der Waals surface area contributed by atoms with Crippen LogP contribution in [0.15, 0.2) is 42.9 Å². The van der Waals surface area contributed by atoms with Gasteiger partial charge in [0.15, 0.2) is 0 Å². The molecule has 2 aliphatic rings. The fraction of sp³-hybridized carbons (Fsp3) is 0.333. The number of carbonyl (C=O) groups excluding carboxylic acids is 1. The summed E-state index contributed by atoms with van der Waals surface area (Å²) in [4.78, 5) is 27.0. The van der Waals surface area contributed by atoms with Crippen LogP contribution < -0.4 is 10.2 Å². The number of carbonyl (C=O) groups is 1. The van der Waals surface area contributed by atoms with Gasteiger partial charge >= 0.3 is 6.09 Å². The molecule has 3 heterocycles. The minimum Gasteiger partial charge on any atom is -0.447 e. The van der Waals surface area contributed by atoms with Crippen molar-refractivity contribution < 1.29 is 13.9 Å². The number of hydrogen-bond acceptors (Lipinski definition) is 6. The molecule has 31 heavy (non-hydrogen) atoms. The summed E-state index contributed by atoms with van der Waals surface area (Å²) < 4.78 is 20.2. The van der Waals surface area contributed by atoms with E-state index in [0.29, 0.717) is 24.3 Å². The van der Waals surface area contributed by atoms with Crippen LogP contribution in [0.25, 0.3) is 5.69 Å². The highest BCUT2D eigenvalue weighted by Crippen LogP contribution is 2.40. The Kier molecular flexibility index (Phi) is 4.97. The van der Waals surface area contributed by atoms with Gasteiger partial charge in [0.05, 0.1) is 24.1 Å². The normalized spacial score (nSPS) is 19.4. The molecule has 1 amide bonds. The predicted molar refractivity (Wildman–Crippen MR) is 113 cm³/mol. The van der Waals surface area contributed by atoms with Crippen molar-refractivity contribution in [3.8, 4) is 5.69 Å². The SMILES string of the molecule is C[C@H](Nc1nc(Cl)cc(N2C(=O)OC[C@@H]2C2CC2)n1)c1cn(-c2ccc(F)cc2)cn1. The van der Waals surface area contributed by atoms with Crippen LogP contribution >= 0.6 is 11.6 Å². The number of benzene rings is 1. The lowest BCUT2D eigenvalue weighted by Gasteiger charge is -2.21. The standard InChI is InChI=1S/C21H20ClFN6O2/c1-12(16-9-28(11-24-16)15-6-4-14(23)5-7-15)25-20-26-18(22)8-19(27-20)29-17(13-2-3-13)10-31-21(29)30/h4-9,11-13,17H,2-3,10H2,1H3,(H,25,26,27)/t12-,17+/m0/s1.